The highest BCUT2D eigenvalue weighted by Crippen LogP contribution is 2.26. The first kappa shape index (κ1) is 22.0. The molecule has 1 amide bonds. The topological polar surface area (TPSA) is 59.8 Å². The minimum absolute atomic E-state index is 0.0700. The van der Waals surface area contributed by atoms with Crippen molar-refractivity contribution in [2.24, 2.45) is 0 Å². The Hall–Kier alpha value is -3.84. The van der Waals surface area contributed by atoms with Gasteiger partial charge in [-0.05, 0) is 54.6 Å². The lowest BCUT2D eigenvalue weighted by Crippen LogP contribution is -2.48. The number of para-hydroxylation sites is 2. The number of nitrogens with zero attached hydrogens (tertiary/aromatic N) is 4. The van der Waals surface area contributed by atoms with E-state index in [0.29, 0.717) is 18.7 Å². The van der Waals surface area contributed by atoms with Gasteiger partial charge in [-0.3, -0.25) is 14.3 Å². The summed E-state index contributed by atoms with van der Waals surface area (Å²) in [6.07, 6.45) is 1.82. The van der Waals surface area contributed by atoms with Gasteiger partial charge in [-0.2, -0.15) is 0 Å². The standard InChI is InChI=1S/C27H28N4O3/c1-33-23-11-12-26(34-2)21(17-23)18-29-13-15-30(16-14-29)27(32)20-7-9-22(10-8-20)31-19-28-24-5-3-4-6-25(24)31/h3-12,17,19H,13-16,18H2,1-2H3. The van der Waals surface area contributed by atoms with E-state index in [9.17, 15) is 4.79 Å². The largest absolute Gasteiger partial charge is 0.497 e. The van der Waals surface area contributed by atoms with Crippen LogP contribution in [0.15, 0.2) is 73.1 Å². The Labute approximate surface area is 199 Å². The normalized spacial score (nSPS) is 14.4. The van der Waals surface area contributed by atoms with E-state index in [4.69, 9.17) is 9.47 Å². The first-order valence-corrected chi connectivity index (χ1v) is 11.4. The molecule has 0 aliphatic carbocycles. The summed E-state index contributed by atoms with van der Waals surface area (Å²) in [5, 5.41) is 0. The van der Waals surface area contributed by atoms with Crippen LogP contribution in [0.5, 0.6) is 11.5 Å². The number of carbonyl (C=O) groups excluding carboxylic acids is 1. The van der Waals surface area contributed by atoms with Crippen molar-refractivity contribution in [2.45, 2.75) is 6.54 Å². The van der Waals surface area contributed by atoms with Crippen molar-refractivity contribution in [3.05, 3.63) is 84.2 Å². The van der Waals surface area contributed by atoms with E-state index in [1.165, 1.54) is 0 Å². The number of amides is 1. The number of carbonyl (C=O) groups is 1. The number of piperazine rings is 1. The molecule has 0 spiro atoms. The summed E-state index contributed by atoms with van der Waals surface area (Å²) >= 11 is 0. The summed E-state index contributed by atoms with van der Waals surface area (Å²) in [6, 6.07) is 21.6. The van der Waals surface area contributed by atoms with Crippen LogP contribution in [0.3, 0.4) is 0 Å². The molecule has 3 aromatic carbocycles. The Morgan fingerprint density at radius 2 is 1.68 bits per heavy atom. The summed E-state index contributed by atoms with van der Waals surface area (Å²) in [5.41, 5.74) is 4.78. The molecule has 0 radical (unpaired) electrons. The SMILES string of the molecule is COc1ccc(OC)c(CN2CCN(C(=O)c3ccc(-n4cnc5ccccc54)cc3)CC2)c1. The van der Waals surface area contributed by atoms with Gasteiger partial charge in [-0.25, -0.2) is 4.98 Å². The lowest BCUT2D eigenvalue weighted by atomic mass is 10.1. The van der Waals surface area contributed by atoms with Crippen molar-refractivity contribution in [3.8, 4) is 17.2 Å². The van der Waals surface area contributed by atoms with E-state index < -0.39 is 0 Å². The quantitative estimate of drug-likeness (QED) is 0.439. The first-order valence-electron chi connectivity index (χ1n) is 11.4. The van der Waals surface area contributed by atoms with Crippen LogP contribution >= 0.6 is 0 Å². The molecule has 7 heteroatoms. The molecule has 1 fully saturated rings. The van der Waals surface area contributed by atoms with Crippen LogP contribution in [0, 0.1) is 0 Å². The number of aromatic nitrogens is 2. The van der Waals surface area contributed by atoms with Gasteiger partial charge in [0.25, 0.3) is 5.91 Å². The second-order valence-electron chi connectivity index (χ2n) is 8.40. The monoisotopic (exact) mass is 456 g/mol. The number of hydrogen-bond acceptors (Lipinski definition) is 5. The number of hydrogen-bond donors (Lipinski definition) is 0. The van der Waals surface area contributed by atoms with E-state index in [1.54, 1.807) is 14.2 Å². The third-order valence-corrected chi connectivity index (χ3v) is 6.39. The third kappa shape index (κ3) is 4.34. The van der Waals surface area contributed by atoms with Gasteiger partial charge in [0, 0.05) is 49.5 Å². The zero-order valence-corrected chi connectivity index (χ0v) is 19.5. The molecule has 1 aliphatic rings. The number of fused-ring (bicyclic) bond motifs is 1. The summed E-state index contributed by atoms with van der Waals surface area (Å²) < 4.78 is 12.9. The fraction of sp³-hybridized carbons (Fsp3) is 0.259. The van der Waals surface area contributed by atoms with Crippen LogP contribution in [-0.2, 0) is 6.54 Å². The van der Waals surface area contributed by atoms with Gasteiger partial charge < -0.3 is 14.4 Å². The zero-order chi connectivity index (χ0) is 23.5. The molecule has 4 aromatic rings. The predicted molar refractivity (Wildman–Crippen MR) is 132 cm³/mol. The minimum Gasteiger partial charge on any atom is -0.497 e. The Bertz CT molecular complexity index is 1290. The lowest BCUT2D eigenvalue weighted by molar-refractivity contribution is 0.0627. The Morgan fingerprint density at radius 3 is 2.41 bits per heavy atom. The maximum absolute atomic E-state index is 13.1. The number of ether oxygens (including phenoxy) is 2. The molecule has 34 heavy (non-hydrogen) atoms. The molecule has 0 atom stereocenters. The van der Waals surface area contributed by atoms with Crippen LogP contribution < -0.4 is 9.47 Å². The molecule has 7 nitrogen and oxygen atoms in total. The molecule has 1 aromatic heterocycles. The number of imidazole rings is 1. The second kappa shape index (κ2) is 9.57. The third-order valence-electron chi connectivity index (χ3n) is 6.39. The van der Waals surface area contributed by atoms with Crippen molar-refractivity contribution < 1.29 is 14.3 Å². The molecule has 0 N–H and O–H groups in total. The van der Waals surface area contributed by atoms with Crippen molar-refractivity contribution in [3.63, 3.8) is 0 Å². The summed E-state index contributed by atoms with van der Waals surface area (Å²) in [5.74, 6) is 1.74. The summed E-state index contributed by atoms with van der Waals surface area (Å²) in [7, 11) is 3.35. The highest BCUT2D eigenvalue weighted by Gasteiger charge is 2.23. The van der Waals surface area contributed by atoms with E-state index in [2.05, 4.69) is 9.88 Å². The number of methoxy groups -OCH3 is 2. The van der Waals surface area contributed by atoms with Gasteiger partial charge in [0.2, 0.25) is 0 Å². The Kier molecular flexibility index (Phi) is 6.18. The van der Waals surface area contributed by atoms with Crippen molar-refractivity contribution in [1.29, 1.82) is 0 Å². The van der Waals surface area contributed by atoms with Crippen LogP contribution in [0.1, 0.15) is 15.9 Å². The average Bonchev–Trinajstić information content (AvgIpc) is 3.33. The second-order valence-corrected chi connectivity index (χ2v) is 8.40. The maximum Gasteiger partial charge on any atom is 0.253 e. The van der Waals surface area contributed by atoms with Crippen LogP contribution in [0.25, 0.3) is 16.7 Å². The van der Waals surface area contributed by atoms with Gasteiger partial charge in [-0.15, -0.1) is 0 Å². The summed E-state index contributed by atoms with van der Waals surface area (Å²) in [6.45, 7) is 3.77. The van der Waals surface area contributed by atoms with E-state index in [0.717, 1.165) is 53.4 Å². The van der Waals surface area contributed by atoms with Crippen LogP contribution in [0.2, 0.25) is 0 Å². The van der Waals surface area contributed by atoms with E-state index in [-0.39, 0.29) is 5.91 Å². The van der Waals surface area contributed by atoms with Crippen LogP contribution in [0.4, 0.5) is 0 Å². The maximum atomic E-state index is 13.1. The van der Waals surface area contributed by atoms with Gasteiger partial charge in [0.15, 0.2) is 0 Å². The van der Waals surface area contributed by atoms with Gasteiger partial charge >= 0.3 is 0 Å². The zero-order valence-electron chi connectivity index (χ0n) is 19.5. The van der Waals surface area contributed by atoms with E-state index in [1.807, 2.05) is 82.5 Å². The smallest absolute Gasteiger partial charge is 0.253 e. The van der Waals surface area contributed by atoms with Crippen LogP contribution in [-0.4, -0.2) is 65.7 Å². The molecule has 0 bridgehead atoms. The van der Waals surface area contributed by atoms with Gasteiger partial charge in [0.05, 0.1) is 25.3 Å². The first-order chi connectivity index (χ1) is 16.7. The van der Waals surface area contributed by atoms with Gasteiger partial charge in [0.1, 0.15) is 17.8 Å². The molecular formula is C27H28N4O3. The molecular weight excluding hydrogens is 428 g/mol. The summed E-state index contributed by atoms with van der Waals surface area (Å²) in [4.78, 5) is 21.8. The molecule has 1 aliphatic heterocycles. The predicted octanol–water partition coefficient (Wildman–Crippen LogP) is 4.00. The molecule has 174 valence electrons. The average molecular weight is 457 g/mol. The Balaban J connectivity index is 1.22. The number of rotatable bonds is 6. The highest BCUT2D eigenvalue weighted by molar-refractivity contribution is 5.94. The molecule has 0 unspecified atom stereocenters. The number of benzene rings is 3. The van der Waals surface area contributed by atoms with Crippen molar-refractivity contribution in [1.82, 2.24) is 19.4 Å². The molecule has 1 saturated heterocycles. The lowest BCUT2D eigenvalue weighted by Gasteiger charge is -2.35. The van der Waals surface area contributed by atoms with Crippen molar-refractivity contribution in [2.75, 3.05) is 40.4 Å². The molecule has 5 rings (SSSR count). The Morgan fingerprint density at radius 1 is 0.912 bits per heavy atom. The molecule has 0 saturated carbocycles. The minimum atomic E-state index is 0.0700. The fourth-order valence-electron chi connectivity index (χ4n) is 4.47. The fourth-order valence-corrected chi connectivity index (χ4v) is 4.47. The molecule has 2 heterocycles. The highest BCUT2D eigenvalue weighted by atomic mass is 16.5. The van der Waals surface area contributed by atoms with Crippen molar-refractivity contribution >= 4 is 16.9 Å². The van der Waals surface area contributed by atoms with Gasteiger partial charge in [-0.1, -0.05) is 12.1 Å². The van der Waals surface area contributed by atoms with E-state index >= 15 is 0 Å².